The van der Waals surface area contributed by atoms with Crippen molar-refractivity contribution in [3.05, 3.63) is 29.8 Å². The molecule has 0 saturated heterocycles. The number of carboxylic acid groups (broad SMARTS) is 1. The standard InChI is InChI=1S/C11H15NO3/c1-3-12-10(11(13)14)8-5-4-6-9(7-8)15-2/h4-7,10,12H,3H2,1-2H3,(H,13,14). The number of hydrogen-bond donors (Lipinski definition) is 2. The van der Waals surface area contributed by atoms with Crippen molar-refractivity contribution in [3.63, 3.8) is 0 Å². The molecule has 0 fully saturated rings. The van der Waals surface area contributed by atoms with E-state index in [1.807, 2.05) is 6.92 Å². The van der Waals surface area contributed by atoms with E-state index >= 15 is 0 Å². The first kappa shape index (κ1) is 11.5. The number of ether oxygens (including phenoxy) is 1. The van der Waals surface area contributed by atoms with Crippen LogP contribution in [0.1, 0.15) is 18.5 Å². The van der Waals surface area contributed by atoms with E-state index in [9.17, 15) is 4.79 Å². The molecule has 1 rings (SSSR count). The number of nitrogens with one attached hydrogen (secondary N) is 1. The predicted octanol–water partition coefficient (Wildman–Crippen LogP) is 1.43. The topological polar surface area (TPSA) is 58.6 Å². The molecule has 4 heteroatoms. The van der Waals surface area contributed by atoms with Crippen LogP contribution in [-0.2, 0) is 4.79 Å². The highest BCUT2D eigenvalue weighted by atomic mass is 16.5. The third-order valence-electron chi connectivity index (χ3n) is 2.08. The van der Waals surface area contributed by atoms with Crippen molar-refractivity contribution in [2.75, 3.05) is 13.7 Å². The number of rotatable bonds is 5. The van der Waals surface area contributed by atoms with Crippen LogP contribution in [0, 0.1) is 0 Å². The Morgan fingerprint density at radius 1 is 1.60 bits per heavy atom. The molecule has 0 aliphatic heterocycles. The van der Waals surface area contributed by atoms with Crippen molar-refractivity contribution in [2.24, 2.45) is 0 Å². The highest BCUT2D eigenvalue weighted by Gasteiger charge is 2.18. The third kappa shape index (κ3) is 2.95. The number of benzene rings is 1. The maximum Gasteiger partial charge on any atom is 0.325 e. The molecule has 0 bridgehead atoms. The molecule has 2 N–H and O–H groups in total. The first-order valence-corrected chi connectivity index (χ1v) is 4.79. The molecule has 1 aromatic carbocycles. The summed E-state index contributed by atoms with van der Waals surface area (Å²) in [6.45, 7) is 2.48. The monoisotopic (exact) mass is 209 g/mol. The molecule has 1 aromatic rings. The number of aliphatic carboxylic acids is 1. The number of likely N-dealkylation sites (N-methyl/N-ethyl adjacent to an activating group) is 1. The van der Waals surface area contributed by atoms with Crippen molar-refractivity contribution in [2.45, 2.75) is 13.0 Å². The zero-order valence-electron chi connectivity index (χ0n) is 8.86. The van der Waals surface area contributed by atoms with Gasteiger partial charge in [0.1, 0.15) is 11.8 Å². The normalized spacial score (nSPS) is 12.1. The molecule has 0 aliphatic rings. The molecule has 0 spiro atoms. The van der Waals surface area contributed by atoms with Crippen LogP contribution in [0.15, 0.2) is 24.3 Å². The van der Waals surface area contributed by atoms with Crippen molar-refractivity contribution >= 4 is 5.97 Å². The number of carbonyl (C=O) groups is 1. The van der Waals surface area contributed by atoms with E-state index in [1.54, 1.807) is 31.4 Å². The summed E-state index contributed by atoms with van der Waals surface area (Å²) in [5.74, 6) is -0.221. The van der Waals surface area contributed by atoms with Crippen LogP contribution in [0.5, 0.6) is 5.75 Å². The molecule has 0 aliphatic carbocycles. The van der Waals surface area contributed by atoms with Crippen molar-refractivity contribution < 1.29 is 14.6 Å². The molecule has 1 atom stereocenters. The maximum atomic E-state index is 11.0. The number of carboxylic acids is 1. The van der Waals surface area contributed by atoms with Gasteiger partial charge in [0.05, 0.1) is 7.11 Å². The van der Waals surface area contributed by atoms with Gasteiger partial charge in [-0.1, -0.05) is 19.1 Å². The maximum absolute atomic E-state index is 11.0. The predicted molar refractivity (Wildman–Crippen MR) is 57.0 cm³/mol. The fourth-order valence-electron chi connectivity index (χ4n) is 1.37. The molecule has 0 aromatic heterocycles. The van der Waals surface area contributed by atoms with Crippen LogP contribution in [0.3, 0.4) is 0 Å². The SMILES string of the molecule is CCNC(C(=O)O)c1cccc(OC)c1. The van der Waals surface area contributed by atoms with Gasteiger partial charge in [0.2, 0.25) is 0 Å². The number of methoxy groups -OCH3 is 1. The van der Waals surface area contributed by atoms with Crippen molar-refractivity contribution in [3.8, 4) is 5.75 Å². The summed E-state index contributed by atoms with van der Waals surface area (Å²) < 4.78 is 5.04. The van der Waals surface area contributed by atoms with Gasteiger partial charge >= 0.3 is 5.97 Å². The highest BCUT2D eigenvalue weighted by molar-refractivity contribution is 5.75. The Bertz CT molecular complexity index is 338. The summed E-state index contributed by atoms with van der Waals surface area (Å²) in [5.41, 5.74) is 0.698. The van der Waals surface area contributed by atoms with Crippen LogP contribution in [-0.4, -0.2) is 24.7 Å². The van der Waals surface area contributed by atoms with Crippen LogP contribution in [0.25, 0.3) is 0 Å². The first-order valence-electron chi connectivity index (χ1n) is 4.79. The summed E-state index contributed by atoms with van der Waals surface area (Å²) in [5, 5.41) is 11.9. The second-order valence-electron chi connectivity index (χ2n) is 3.11. The van der Waals surface area contributed by atoms with Crippen molar-refractivity contribution in [1.29, 1.82) is 0 Å². The molecular weight excluding hydrogens is 194 g/mol. The Balaban J connectivity index is 2.94. The smallest absolute Gasteiger partial charge is 0.325 e. The van der Waals surface area contributed by atoms with Gasteiger partial charge in [0.15, 0.2) is 0 Å². The lowest BCUT2D eigenvalue weighted by Crippen LogP contribution is -2.28. The zero-order valence-corrected chi connectivity index (χ0v) is 8.86. The van der Waals surface area contributed by atoms with Gasteiger partial charge in [-0.05, 0) is 24.2 Å². The van der Waals surface area contributed by atoms with E-state index in [4.69, 9.17) is 9.84 Å². The number of hydrogen-bond acceptors (Lipinski definition) is 3. The zero-order chi connectivity index (χ0) is 11.3. The summed E-state index contributed by atoms with van der Waals surface area (Å²) in [7, 11) is 1.56. The van der Waals surface area contributed by atoms with E-state index in [2.05, 4.69) is 5.32 Å². The van der Waals surface area contributed by atoms with Crippen LogP contribution < -0.4 is 10.1 Å². The minimum atomic E-state index is -0.884. The van der Waals surface area contributed by atoms with E-state index < -0.39 is 12.0 Å². The van der Waals surface area contributed by atoms with Gasteiger partial charge in [-0.2, -0.15) is 0 Å². The van der Waals surface area contributed by atoms with Crippen LogP contribution in [0.2, 0.25) is 0 Å². The molecule has 82 valence electrons. The molecule has 0 heterocycles. The minimum absolute atomic E-state index is 0.605. The van der Waals surface area contributed by atoms with Gasteiger partial charge in [0, 0.05) is 0 Å². The summed E-state index contributed by atoms with van der Waals surface area (Å²) in [6.07, 6.45) is 0. The molecular formula is C11H15NO3. The van der Waals surface area contributed by atoms with Crippen molar-refractivity contribution in [1.82, 2.24) is 5.32 Å². The largest absolute Gasteiger partial charge is 0.497 e. The van der Waals surface area contributed by atoms with Gasteiger partial charge in [-0.15, -0.1) is 0 Å². The lowest BCUT2D eigenvalue weighted by atomic mass is 10.1. The second kappa shape index (κ2) is 5.36. The lowest BCUT2D eigenvalue weighted by Gasteiger charge is -2.14. The van der Waals surface area contributed by atoms with Crippen LogP contribution >= 0.6 is 0 Å². The Labute approximate surface area is 88.9 Å². The highest BCUT2D eigenvalue weighted by Crippen LogP contribution is 2.19. The average Bonchev–Trinajstić information content (AvgIpc) is 2.25. The Hall–Kier alpha value is -1.55. The van der Waals surface area contributed by atoms with Gasteiger partial charge < -0.3 is 15.2 Å². The molecule has 0 radical (unpaired) electrons. The fraction of sp³-hybridized carbons (Fsp3) is 0.364. The molecule has 0 amide bonds. The third-order valence-corrected chi connectivity index (χ3v) is 2.08. The first-order chi connectivity index (χ1) is 7.19. The average molecular weight is 209 g/mol. The molecule has 1 unspecified atom stereocenters. The van der Waals surface area contributed by atoms with E-state index in [-0.39, 0.29) is 0 Å². The van der Waals surface area contributed by atoms with E-state index in [1.165, 1.54) is 0 Å². The fourth-order valence-corrected chi connectivity index (χ4v) is 1.37. The van der Waals surface area contributed by atoms with E-state index in [0.29, 0.717) is 17.9 Å². The Morgan fingerprint density at radius 3 is 2.87 bits per heavy atom. The molecule has 4 nitrogen and oxygen atoms in total. The summed E-state index contributed by atoms with van der Waals surface area (Å²) >= 11 is 0. The molecule has 15 heavy (non-hydrogen) atoms. The summed E-state index contributed by atoms with van der Waals surface area (Å²) in [6, 6.07) is 6.38. The lowest BCUT2D eigenvalue weighted by molar-refractivity contribution is -0.139. The van der Waals surface area contributed by atoms with Gasteiger partial charge in [0.25, 0.3) is 0 Å². The Kier molecular flexibility index (Phi) is 4.12. The minimum Gasteiger partial charge on any atom is -0.497 e. The van der Waals surface area contributed by atoms with E-state index in [0.717, 1.165) is 0 Å². The van der Waals surface area contributed by atoms with Gasteiger partial charge in [-0.25, -0.2) is 0 Å². The molecule has 0 saturated carbocycles. The quantitative estimate of drug-likeness (QED) is 0.770. The van der Waals surface area contributed by atoms with Gasteiger partial charge in [-0.3, -0.25) is 4.79 Å². The second-order valence-corrected chi connectivity index (χ2v) is 3.11. The van der Waals surface area contributed by atoms with Crippen LogP contribution in [0.4, 0.5) is 0 Å². The summed E-state index contributed by atoms with van der Waals surface area (Å²) in [4.78, 5) is 11.0. The Morgan fingerprint density at radius 2 is 2.33 bits per heavy atom.